The molecule has 6 rings (SSSR count). The molecule has 0 aliphatic carbocycles. The second-order valence-electron chi connectivity index (χ2n) is 22.1. The largest absolute Gasteiger partial charge is 0.370 e. The summed E-state index contributed by atoms with van der Waals surface area (Å²) in [5.41, 5.74) is 60.6. The number of fused-ring (bicyclic) bond motifs is 3. The predicted molar refractivity (Wildman–Crippen MR) is 352 cm³/mol. The van der Waals surface area contributed by atoms with Gasteiger partial charge in [-0.25, -0.2) is 0 Å². The molecule has 0 radical (unpaired) electrons. The van der Waals surface area contributed by atoms with E-state index < -0.39 is 95.6 Å². The molecular weight excluding hydrogens is 1180 g/mol. The van der Waals surface area contributed by atoms with E-state index >= 15 is 4.79 Å². The molecule has 494 valence electrons. The Kier molecular flexibility index (Phi) is 26.5. The van der Waals surface area contributed by atoms with E-state index in [9.17, 15) is 33.6 Å². The fourth-order valence-corrected chi connectivity index (χ4v) is 10.2. The Bertz CT molecular complexity index is 3630. The molecule has 0 fully saturated rings. The van der Waals surface area contributed by atoms with E-state index in [4.69, 9.17) is 57.3 Å². The van der Waals surface area contributed by atoms with Crippen molar-refractivity contribution in [2.24, 2.45) is 77.3 Å². The number of nitrogens with two attached hydrogens (primary N) is 10. The van der Waals surface area contributed by atoms with E-state index in [1.165, 1.54) is 6.92 Å². The summed E-state index contributed by atoms with van der Waals surface area (Å²) < 4.78 is 0. The number of H-pyrrole nitrogens is 3. The van der Waals surface area contributed by atoms with Gasteiger partial charge < -0.3 is 110 Å². The number of hydrogen-bond acceptors (Lipinski definition) is 13. The topological polar surface area (TPSA) is 578 Å². The molecule has 0 aliphatic heterocycles. The number of nitrogens with zero attached hydrogens (tertiary/aromatic N) is 4. The predicted octanol–water partition coefficient (Wildman–Crippen LogP) is -3.40. The number of primary amides is 1. The quantitative estimate of drug-likeness (QED) is 0.0103. The van der Waals surface area contributed by atoms with Crippen LogP contribution in [0.2, 0.25) is 0 Å². The fourth-order valence-electron chi connectivity index (χ4n) is 10.2. The number of rotatable bonds is 37. The molecular formula is C60H86N24O8. The molecule has 32 nitrogen and oxygen atoms in total. The number of guanidine groups is 4. The molecule has 0 bridgehead atoms. The highest BCUT2D eigenvalue weighted by Crippen LogP contribution is 2.23. The van der Waals surface area contributed by atoms with E-state index in [1.807, 2.05) is 66.7 Å². The van der Waals surface area contributed by atoms with Crippen LogP contribution in [0.1, 0.15) is 75.0 Å². The third-order valence-electron chi connectivity index (χ3n) is 15.0. The van der Waals surface area contributed by atoms with Crippen molar-refractivity contribution in [2.45, 2.75) is 126 Å². The minimum atomic E-state index is -1.46. The van der Waals surface area contributed by atoms with Gasteiger partial charge in [-0.1, -0.05) is 54.6 Å². The van der Waals surface area contributed by atoms with Crippen molar-refractivity contribution in [1.29, 1.82) is 0 Å². The van der Waals surface area contributed by atoms with Crippen LogP contribution in [-0.4, -0.2) is 161 Å². The number of benzene rings is 3. The summed E-state index contributed by atoms with van der Waals surface area (Å²) in [5, 5.41) is 21.4. The number of aliphatic imine (C=N–C) groups is 4. The molecule has 8 amide bonds. The SMILES string of the molecule is C[C@H](NC(=O)[C@H](Cc1c[nH]c2ccccc12)NC(=O)[C@@H](N)CCCN=C(N)N)C(=O)N[C@@H](CCCN=C(N)N)C(=O)N[C@@H](CCCN=C(N)N)C(=O)N[C@@H](Cc1c[nH]c2ccccc12)C(=O)N[C@@H](Cc1c[nH]c2ccccc12)C(=O)N[C@@H](CCCN=C(N)N)C(N)=O. The zero-order chi connectivity index (χ0) is 66.9. The minimum absolute atomic E-state index is 0.00939. The van der Waals surface area contributed by atoms with Gasteiger partial charge in [-0.2, -0.15) is 0 Å². The van der Waals surface area contributed by atoms with E-state index in [-0.39, 0.29) is 114 Å². The van der Waals surface area contributed by atoms with Crippen LogP contribution in [0, 0.1) is 0 Å². The molecule has 30 N–H and O–H groups in total. The van der Waals surface area contributed by atoms with Gasteiger partial charge in [-0.3, -0.25) is 58.3 Å². The maximum atomic E-state index is 15.1. The summed E-state index contributed by atoms with van der Waals surface area (Å²) in [7, 11) is 0. The second-order valence-corrected chi connectivity index (χ2v) is 22.1. The summed E-state index contributed by atoms with van der Waals surface area (Å²) in [6.07, 6.45) is 5.66. The first-order chi connectivity index (χ1) is 44.0. The zero-order valence-electron chi connectivity index (χ0n) is 51.2. The summed E-state index contributed by atoms with van der Waals surface area (Å²) in [6.45, 7) is 1.76. The van der Waals surface area contributed by atoms with Gasteiger partial charge in [-0.15, -0.1) is 0 Å². The van der Waals surface area contributed by atoms with E-state index in [2.05, 4.69) is 72.1 Å². The van der Waals surface area contributed by atoms with E-state index in [1.54, 1.807) is 24.7 Å². The Morgan fingerprint density at radius 2 is 0.652 bits per heavy atom. The molecule has 3 aromatic carbocycles. The van der Waals surface area contributed by atoms with Crippen molar-refractivity contribution < 1.29 is 38.4 Å². The number of aromatic nitrogens is 3. The van der Waals surface area contributed by atoms with Gasteiger partial charge in [0, 0.05) is 96.7 Å². The third-order valence-corrected chi connectivity index (χ3v) is 15.0. The van der Waals surface area contributed by atoms with Crippen LogP contribution >= 0.6 is 0 Å². The van der Waals surface area contributed by atoms with Crippen LogP contribution < -0.4 is 94.6 Å². The summed E-state index contributed by atoms with van der Waals surface area (Å²) >= 11 is 0. The van der Waals surface area contributed by atoms with Crippen LogP contribution in [-0.2, 0) is 57.6 Å². The molecule has 92 heavy (non-hydrogen) atoms. The number of amides is 8. The molecule has 3 aromatic heterocycles. The Morgan fingerprint density at radius 1 is 0.370 bits per heavy atom. The molecule has 0 spiro atoms. The van der Waals surface area contributed by atoms with E-state index in [0.717, 1.165) is 32.7 Å². The molecule has 6 aromatic rings. The molecule has 0 unspecified atom stereocenters. The van der Waals surface area contributed by atoms with Crippen molar-refractivity contribution in [3.05, 3.63) is 108 Å². The van der Waals surface area contributed by atoms with Crippen LogP contribution in [0.5, 0.6) is 0 Å². The lowest BCUT2D eigenvalue weighted by molar-refractivity contribution is -0.135. The molecule has 0 saturated carbocycles. The van der Waals surface area contributed by atoms with Crippen LogP contribution in [0.3, 0.4) is 0 Å². The lowest BCUT2D eigenvalue weighted by Gasteiger charge is -2.27. The maximum Gasteiger partial charge on any atom is 0.243 e. The number of carbonyl (C=O) groups excluding carboxylic acids is 8. The average Bonchev–Trinajstić information content (AvgIpc) is 1.67. The van der Waals surface area contributed by atoms with Crippen molar-refractivity contribution in [1.82, 2.24) is 52.2 Å². The number of para-hydroxylation sites is 3. The summed E-state index contributed by atoms with van der Waals surface area (Å²) in [5.74, 6) is -7.17. The monoisotopic (exact) mass is 1270 g/mol. The Hall–Kier alpha value is -10.9. The molecule has 8 atom stereocenters. The molecule has 3 heterocycles. The van der Waals surface area contributed by atoms with Gasteiger partial charge in [0.1, 0.15) is 42.3 Å². The summed E-state index contributed by atoms with van der Waals surface area (Å²) in [6, 6.07) is 11.4. The lowest BCUT2D eigenvalue weighted by atomic mass is 10.0. The number of aromatic amines is 3. The van der Waals surface area contributed by atoms with Crippen LogP contribution in [0.25, 0.3) is 32.7 Å². The lowest BCUT2D eigenvalue weighted by Crippen LogP contribution is -2.60. The normalized spacial score (nSPS) is 13.7. The van der Waals surface area contributed by atoms with Crippen molar-refractivity contribution in [2.75, 3.05) is 26.2 Å². The first-order valence-corrected chi connectivity index (χ1v) is 30.0. The van der Waals surface area contributed by atoms with Gasteiger partial charge in [0.15, 0.2) is 23.8 Å². The third kappa shape index (κ3) is 21.7. The van der Waals surface area contributed by atoms with Gasteiger partial charge in [-0.05, 0) is 93.2 Å². The highest BCUT2D eigenvalue weighted by Gasteiger charge is 2.35. The van der Waals surface area contributed by atoms with Gasteiger partial charge in [0.05, 0.1) is 6.04 Å². The number of hydrogen-bond donors (Lipinski definition) is 20. The van der Waals surface area contributed by atoms with Gasteiger partial charge >= 0.3 is 0 Å². The molecule has 0 saturated heterocycles. The first kappa shape index (κ1) is 70.2. The van der Waals surface area contributed by atoms with E-state index in [0.29, 0.717) is 23.1 Å². The second kappa shape index (κ2) is 34.7. The van der Waals surface area contributed by atoms with Crippen LogP contribution in [0.4, 0.5) is 0 Å². The molecule has 0 aliphatic rings. The average molecular weight is 1270 g/mol. The smallest absolute Gasteiger partial charge is 0.243 e. The highest BCUT2D eigenvalue weighted by molar-refractivity contribution is 5.99. The van der Waals surface area contributed by atoms with Crippen molar-refractivity contribution in [3.8, 4) is 0 Å². The Labute approximate surface area is 529 Å². The molecule has 32 heteroatoms. The Morgan fingerprint density at radius 3 is 1.01 bits per heavy atom. The first-order valence-electron chi connectivity index (χ1n) is 30.0. The van der Waals surface area contributed by atoms with Crippen molar-refractivity contribution in [3.63, 3.8) is 0 Å². The fraction of sp³-hybridized carbons (Fsp3) is 0.400. The van der Waals surface area contributed by atoms with Crippen molar-refractivity contribution >= 4 is 104 Å². The summed E-state index contributed by atoms with van der Waals surface area (Å²) in [4.78, 5) is 140. The Balaban J connectivity index is 1.27. The zero-order valence-corrected chi connectivity index (χ0v) is 51.2. The number of nitrogens with one attached hydrogen (secondary N) is 10. The standard InChI is InChI=1S/C60H86N24O8/c1-32(78-54(90)46(26-33-29-75-40-16-5-2-12-36(33)40)82-51(87)39(61)15-8-22-71-57(63)64)50(86)80-44(20-10-24-73-59(67)68)52(88)81-45(21-11-25-74-60(69)70)53(89)83-48(28-35-31-77-42-18-7-4-14-38(35)42)56(92)84-47(27-34-30-76-41-17-6-3-13-37(34)41)55(91)79-43(49(62)85)19-9-23-72-58(65)66/h2-7,12-14,16-18,29-32,39,43-48,75-77H,8-11,15,19-28,61H2,1H3,(H2,62,85)(H,78,90)(H,79,91)(H,80,86)(H,81,88)(H,82,87)(H,83,89)(H,84,92)(H4,63,64,71)(H4,65,66,72)(H4,67,68,73)(H4,69,70,74)/t32-,39-,43-,44-,45-,46-,47-,48-/m0/s1. The van der Waals surface area contributed by atoms with Gasteiger partial charge in [0.2, 0.25) is 47.3 Å². The minimum Gasteiger partial charge on any atom is -0.370 e. The van der Waals surface area contributed by atoms with Crippen LogP contribution in [0.15, 0.2) is 111 Å². The maximum absolute atomic E-state index is 15.1. The highest BCUT2D eigenvalue weighted by atomic mass is 16.2. The van der Waals surface area contributed by atoms with Gasteiger partial charge in [0.25, 0.3) is 0 Å². The number of carbonyl (C=O) groups is 8.